The van der Waals surface area contributed by atoms with Crippen LogP contribution in [0.3, 0.4) is 0 Å². The molecule has 8 nitrogen and oxygen atoms in total. The fourth-order valence-electron chi connectivity index (χ4n) is 4.77. The Kier molecular flexibility index (Phi) is 7.46. The lowest BCUT2D eigenvalue weighted by Crippen LogP contribution is -2.35. The third-order valence-electron chi connectivity index (χ3n) is 7.00. The molecule has 4 aromatic rings. The first-order chi connectivity index (χ1) is 18.0. The van der Waals surface area contributed by atoms with E-state index in [1.807, 2.05) is 37.3 Å². The normalized spacial score (nSPS) is 14.8. The average molecular weight is 501 g/mol. The third kappa shape index (κ3) is 5.97. The summed E-state index contributed by atoms with van der Waals surface area (Å²) in [4.78, 5) is 27.9. The van der Waals surface area contributed by atoms with Gasteiger partial charge in [0.1, 0.15) is 23.1 Å². The molecule has 8 heteroatoms. The lowest BCUT2D eigenvalue weighted by molar-refractivity contribution is 0.0987. The van der Waals surface area contributed by atoms with Crippen molar-refractivity contribution < 1.29 is 13.9 Å². The van der Waals surface area contributed by atoms with Crippen LogP contribution >= 0.6 is 0 Å². The number of fused-ring (bicyclic) bond motifs is 1. The van der Waals surface area contributed by atoms with Gasteiger partial charge < -0.3 is 14.1 Å². The molecule has 1 saturated heterocycles. The van der Waals surface area contributed by atoms with Crippen LogP contribution in [-0.4, -0.2) is 51.9 Å². The summed E-state index contributed by atoms with van der Waals surface area (Å²) >= 11 is 0. The molecule has 1 aliphatic rings. The highest BCUT2D eigenvalue weighted by molar-refractivity contribution is 5.95. The Morgan fingerprint density at radius 1 is 1.14 bits per heavy atom. The number of aryl methyl sites for hydroxylation is 3. The monoisotopic (exact) mass is 500 g/mol. The minimum absolute atomic E-state index is 0.0894. The molecule has 0 spiro atoms. The zero-order valence-electron chi connectivity index (χ0n) is 21.4. The van der Waals surface area contributed by atoms with Gasteiger partial charge in [0.05, 0.1) is 6.20 Å². The Morgan fingerprint density at radius 3 is 2.70 bits per heavy atom. The van der Waals surface area contributed by atoms with Crippen molar-refractivity contribution in [1.82, 2.24) is 19.9 Å². The van der Waals surface area contributed by atoms with Crippen molar-refractivity contribution in [3.8, 4) is 5.75 Å². The highest BCUT2D eigenvalue weighted by Crippen LogP contribution is 2.29. The summed E-state index contributed by atoms with van der Waals surface area (Å²) in [6.45, 7) is 4.57. The maximum absolute atomic E-state index is 12.9. The molecule has 0 aliphatic carbocycles. The number of ketones is 1. The fraction of sp³-hybridized carbons (Fsp3) is 0.379. The van der Waals surface area contributed by atoms with E-state index in [0.717, 1.165) is 55.5 Å². The number of hydrogen-bond donors (Lipinski definition) is 0. The lowest BCUT2D eigenvalue weighted by Gasteiger charge is -2.29. The number of carbonyl (C=O) groups excluding carboxylic acids is 1. The van der Waals surface area contributed by atoms with Crippen molar-refractivity contribution in [1.29, 1.82) is 0 Å². The van der Waals surface area contributed by atoms with Gasteiger partial charge in [0.15, 0.2) is 5.78 Å². The molecule has 0 unspecified atom stereocenters. The largest absolute Gasteiger partial charge is 0.490 e. The summed E-state index contributed by atoms with van der Waals surface area (Å²) in [6.07, 6.45) is 5.46. The Labute approximate surface area is 215 Å². The average Bonchev–Trinajstić information content (AvgIpc) is 3.38. The number of carbonyl (C=O) groups is 1. The number of nitrogens with zero attached hydrogens (tertiary/aromatic N) is 4. The lowest BCUT2D eigenvalue weighted by atomic mass is 10.0. The van der Waals surface area contributed by atoms with E-state index in [0.29, 0.717) is 17.7 Å². The summed E-state index contributed by atoms with van der Waals surface area (Å²) in [6, 6.07) is 15.8. The molecule has 37 heavy (non-hydrogen) atoms. The van der Waals surface area contributed by atoms with Crippen LogP contribution in [0.4, 0.5) is 0 Å². The van der Waals surface area contributed by atoms with Crippen LogP contribution in [0.5, 0.6) is 5.75 Å². The maximum Gasteiger partial charge on any atom is 0.339 e. The molecule has 0 N–H and O–H groups in total. The minimum atomic E-state index is -0.518. The molecule has 192 valence electrons. The van der Waals surface area contributed by atoms with Crippen LogP contribution in [0.2, 0.25) is 0 Å². The third-order valence-corrected chi connectivity index (χ3v) is 7.00. The first-order valence-electron chi connectivity index (χ1n) is 12.8. The first-order valence-corrected chi connectivity index (χ1v) is 12.8. The highest BCUT2D eigenvalue weighted by Gasteiger charge is 2.21. The maximum atomic E-state index is 12.9. The van der Waals surface area contributed by atoms with Gasteiger partial charge in [-0.1, -0.05) is 35.5 Å². The molecule has 1 aliphatic heterocycles. The second-order valence-corrected chi connectivity index (χ2v) is 9.84. The number of hydrogen-bond acceptors (Lipinski definition) is 7. The zero-order chi connectivity index (χ0) is 25.8. The van der Waals surface area contributed by atoms with E-state index >= 15 is 0 Å². The number of ether oxygens (including phenoxy) is 1. The summed E-state index contributed by atoms with van der Waals surface area (Å²) in [5.41, 5.74) is 2.59. The number of Topliss-reactive ketones (excluding diaryl/α,β-unsaturated/α-hetero) is 1. The predicted molar refractivity (Wildman–Crippen MR) is 141 cm³/mol. The highest BCUT2D eigenvalue weighted by atomic mass is 16.5. The van der Waals surface area contributed by atoms with Crippen molar-refractivity contribution in [3.05, 3.63) is 87.5 Å². The second kappa shape index (κ2) is 11.1. The number of rotatable bonds is 9. The van der Waals surface area contributed by atoms with E-state index < -0.39 is 5.63 Å². The van der Waals surface area contributed by atoms with Gasteiger partial charge in [0, 0.05) is 42.6 Å². The molecule has 2 aromatic heterocycles. The van der Waals surface area contributed by atoms with Crippen LogP contribution in [0.1, 0.15) is 46.4 Å². The van der Waals surface area contributed by atoms with Crippen molar-refractivity contribution in [2.75, 3.05) is 20.1 Å². The van der Waals surface area contributed by atoms with Crippen molar-refractivity contribution in [2.24, 2.45) is 0 Å². The smallest absolute Gasteiger partial charge is 0.339 e. The van der Waals surface area contributed by atoms with Crippen molar-refractivity contribution >= 4 is 16.8 Å². The Bertz CT molecular complexity index is 1440. The predicted octanol–water partition coefficient (Wildman–Crippen LogP) is 4.22. The first kappa shape index (κ1) is 24.9. The van der Waals surface area contributed by atoms with Gasteiger partial charge in [0.25, 0.3) is 0 Å². The van der Waals surface area contributed by atoms with E-state index in [1.54, 1.807) is 16.9 Å². The minimum Gasteiger partial charge on any atom is -0.490 e. The Hall–Kier alpha value is -3.78. The van der Waals surface area contributed by atoms with E-state index in [1.165, 1.54) is 5.56 Å². The Morgan fingerprint density at radius 2 is 1.92 bits per heavy atom. The van der Waals surface area contributed by atoms with E-state index in [9.17, 15) is 9.59 Å². The van der Waals surface area contributed by atoms with Crippen LogP contribution in [0.15, 0.2) is 63.9 Å². The zero-order valence-corrected chi connectivity index (χ0v) is 21.4. The van der Waals surface area contributed by atoms with Crippen LogP contribution in [0.25, 0.3) is 11.0 Å². The molecular weight excluding hydrogens is 468 g/mol. The number of likely N-dealkylation sites (tertiary alicyclic amines) is 1. The number of benzene rings is 2. The molecule has 2 aromatic carbocycles. The molecule has 0 bridgehead atoms. The van der Waals surface area contributed by atoms with E-state index in [4.69, 9.17) is 9.15 Å². The summed E-state index contributed by atoms with van der Waals surface area (Å²) in [5, 5.41) is 8.87. The quantitative estimate of drug-likeness (QED) is 0.251. The summed E-state index contributed by atoms with van der Waals surface area (Å²) in [7, 11) is 2.11. The van der Waals surface area contributed by atoms with Crippen LogP contribution in [-0.2, 0) is 19.4 Å². The van der Waals surface area contributed by atoms with E-state index in [2.05, 4.69) is 34.4 Å². The van der Waals surface area contributed by atoms with Gasteiger partial charge >= 0.3 is 5.63 Å². The van der Waals surface area contributed by atoms with Crippen LogP contribution in [0, 0.1) is 6.92 Å². The van der Waals surface area contributed by atoms with Gasteiger partial charge in [-0.05, 0) is 63.4 Å². The summed E-state index contributed by atoms with van der Waals surface area (Å²) in [5.74, 6) is 0.470. The molecular formula is C29H32N4O4. The number of piperidine rings is 1. The molecule has 1 fully saturated rings. The SMILES string of the molecule is Cc1c(OC2CCN(C)CC2)ccc2cc(CC(=O)c3cn(CCCc4ccccc4)nn3)c(=O)oc12. The standard InChI is InChI=1S/C29H32N4O4/c1-20-27(36-24-12-15-32(2)16-13-24)11-10-22-17-23(29(35)37-28(20)22)18-26(34)25-19-33(31-30-25)14-6-9-21-7-4-3-5-8-21/h3-5,7-8,10-11,17,19,24H,6,9,12-16,18H2,1-2H3. The number of aromatic nitrogens is 3. The molecule has 0 radical (unpaired) electrons. The van der Waals surface area contributed by atoms with Crippen LogP contribution < -0.4 is 10.4 Å². The van der Waals surface area contributed by atoms with Gasteiger partial charge in [-0.3, -0.25) is 9.48 Å². The Balaban J connectivity index is 1.24. The fourth-order valence-corrected chi connectivity index (χ4v) is 4.77. The molecule has 3 heterocycles. The molecule has 5 rings (SSSR count). The van der Waals surface area contributed by atoms with Gasteiger partial charge in [-0.2, -0.15) is 0 Å². The van der Waals surface area contributed by atoms with E-state index in [-0.39, 0.29) is 24.0 Å². The summed E-state index contributed by atoms with van der Waals surface area (Å²) < 4.78 is 13.6. The molecule has 0 saturated carbocycles. The molecule has 0 atom stereocenters. The topological polar surface area (TPSA) is 90.5 Å². The van der Waals surface area contributed by atoms with Crippen molar-refractivity contribution in [2.45, 2.75) is 51.7 Å². The van der Waals surface area contributed by atoms with Gasteiger partial charge in [-0.15, -0.1) is 5.10 Å². The van der Waals surface area contributed by atoms with Gasteiger partial charge in [-0.25, -0.2) is 4.79 Å². The van der Waals surface area contributed by atoms with Gasteiger partial charge in [0.2, 0.25) is 0 Å². The van der Waals surface area contributed by atoms with Crippen molar-refractivity contribution in [3.63, 3.8) is 0 Å². The second-order valence-electron chi connectivity index (χ2n) is 9.84. The molecule has 0 amide bonds.